The van der Waals surface area contributed by atoms with Crippen molar-refractivity contribution in [1.82, 2.24) is 9.80 Å². The Hall–Kier alpha value is -0.380. The van der Waals surface area contributed by atoms with Crippen LogP contribution in [0.25, 0.3) is 0 Å². The minimum absolute atomic E-state index is 0.712. The molecule has 2 rings (SSSR count). The number of piperazine rings is 1. The second-order valence-electron chi connectivity index (χ2n) is 5.14. The summed E-state index contributed by atoms with van der Waals surface area (Å²) in [5, 5.41) is 0. The molecular formula is C13H24N2O. The zero-order chi connectivity index (χ0) is 11.4. The second kappa shape index (κ2) is 5.80. The van der Waals surface area contributed by atoms with Crippen molar-refractivity contribution in [2.24, 2.45) is 0 Å². The number of fused-ring (bicyclic) bond motifs is 1. The molecule has 2 aliphatic rings. The van der Waals surface area contributed by atoms with Gasteiger partial charge in [0.25, 0.3) is 0 Å². The van der Waals surface area contributed by atoms with Gasteiger partial charge in [0, 0.05) is 32.2 Å². The fourth-order valence-electron chi connectivity index (χ4n) is 2.70. The number of rotatable bonds is 5. The first-order chi connectivity index (χ1) is 7.75. The number of hydrogen-bond donors (Lipinski definition) is 0. The highest BCUT2D eigenvalue weighted by molar-refractivity contribution is 4.88. The summed E-state index contributed by atoms with van der Waals surface area (Å²) in [5.74, 6) is 0. The predicted octanol–water partition coefficient (Wildman–Crippen LogP) is 1.36. The standard InChI is InChI=1S/C13H24N2O/c1-12(2)11-16-9-8-14-6-7-15-5-3-4-13(15)10-14/h13H,1,3-11H2,2H3. The average Bonchev–Trinajstić information content (AvgIpc) is 2.71. The second-order valence-corrected chi connectivity index (χ2v) is 5.14. The van der Waals surface area contributed by atoms with Gasteiger partial charge < -0.3 is 4.74 Å². The van der Waals surface area contributed by atoms with E-state index in [4.69, 9.17) is 4.74 Å². The van der Waals surface area contributed by atoms with E-state index in [1.165, 1.54) is 39.0 Å². The largest absolute Gasteiger partial charge is 0.376 e. The Morgan fingerprint density at radius 2 is 2.25 bits per heavy atom. The molecule has 0 spiro atoms. The molecule has 2 aliphatic heterocycles. The van der Waals surface area contributed by atoms with Crippen molar-refractivity contribution < 1.29 is 4.74 Å². The van der Waals surface area contributed by atoms with Crippen LogP contribution in [0.4, 0.5) is 0 Å². The molecule has 0 aromatic heterocycles. The third kappa shape index (κ3) is 3.30. The summed E-state index contributed by atoms with van der Waals surface area (Å²) in [7, 11) is 0. The molecule has 0 saturated carbocycles. The van der Waals surface area contributed by atoms with Gasteiger partial charge in [-0.05, 0) is 26.3 Å². The Kier molecular flexibility index (Phi) is 4.38. The van der Waals surface area contributed by atoms with Gasteiger partial charge in [-0.1, -0.05) is 12.2 Å². The molecule has 16 heavy (non-hydrogen) atoms. The van der Waals surface area contributed by atoms with Crippen LogP contribution < -0.4 is 0 Å². The minimum Gasteiger partial charge on any atom is -0.376 e. The molecule has 0 N–H and O–H groups in total. The van der Waals surface area contributed by atoms with E-state index in [0.717, 1.165) is 24.8 Å². The Balaban J connectivity index is 1.62. The van der Waals surface area contributed by atoms with Gasteiger partial charge in [0.05, 0.1) is 13.2 Å². The maximum absolute atomic E-state index is 5.55. The Bertz CT molecular complexity index is 242. The van der Waals surface area contributed by atoms with Crippen molar-refractivity contribution >= 4 is 0 Å². The Labute approximate surface area is 99.1 Å². The van der Waals surface area contributed by atoms with Crippen LogP contribution in [-0.4, -0.2) is 61.8 Å². The minimum atomic E-state index is 0.712. The lowest BCUT2D eigenvalue weighted by Gasteiger charge is -2.37. The van der Waals surface area contributed by atoms with Crippen molar-refractivity contribution in [3.05, 3.63) is 12.2 Å². The van der Waals surface area contributed by atoms with Crippen molar-refractivity contribution in [1.29, 1.82) is 0 Å². The number of ether oxygens (including phenoxy) is 1. The lowest BCUT2D eigenvalue weighted by molar-refractivity contribution is 0.0684. The van der Waals surface area contributed by atoms with E-state index >= 15 is 0 Å². The molecular weight excluding hydrogens is 200 g/mol. The van der Waals surface area contributed by atoms with Crippen LogP contribution in [-0.2, 0) is 4.74 Å². The SMILES string of the molecule is C=C(C)COCCN1CCN2CCCC2C1. The molecule has 92 valence electrons. The Morgan fingerprint density at radius 3 is 3.06 bits per heavy atom. The normalized spacial score (nSPS) is 26.9. The molecule has 0 aliphatic carbocycles. The van der Waals surface area contributed by atoms with E-state index in [-0.39, 0.29) is 0 Å². The predicted molar refractivity (Wildman–Crippen MR) is 66.7 cm³/mol. The quantitative estimate of drug-likeness (QED) is 0.518. The molecule has 0 radical (unpaired) electrons. The smallest absolute Gasteiger partial charge is 0.0672 e. The van der Waals surface area contributed by atoms with Crippen LogP contribution in [0.2, 0.25) is 0 Å². The molecule has 2 heterocycles. The maximum Gasteiger partial charge on any atom is 0.0672 e. The summed E-state index contributed by atoms with van der Waals surface area (Å²) in [5.41, 5.74) is 1.11. The van der Waals surface area contributed by atoms with Gasteiger partial charge in [-0.2, -0.15) is 0 Å². The monoisotopic (exact) mass is 224 g/mol. The molecule has 2 fully saturated rings. The van der Waals surface area contributed by atoms with E-state index in [1.54, 1.807) is 0 Å². The van der Waals surface area contributed by atoms with Gasteiger partial charge >= 0.3 is 0 Å². The fourth-order valence-corrected chi connectivity index (χ4v) is 2.70. The van der Waals surface area contributed by atoms with E-state index < -0.39 is 0 Å². The number of hydrogen-bond acceptors (Lipinski definition) is 3. The molecule has 2 saturated heterocycles. The van der Waals surface area contributed by atoms with Crippen LogP contribution in [0.5, 0.6) is 0 Å². The van der Waals surface area contributed by atoms with Crippen molar-refractivity contribution in [2.75, 3.05) is 45.9 Å². The summed E-state index contributed by atoms with van der Waals surface area (Å²) in [6.45, 7) is 13.5. The van der Waals surface area contributed by atoms with Gasteiger partial charge in [0.2, 0.25) is 0 Å². The van der Waals surface area contributed by atoms with Crippen molar-refractivity contribution in [2.45, 2.75) is 25.8 Å². The first kappa shape index (κ1) is 12.1. The van der Waals surface area contributed by atoms with E-state index in [1.807, 2.05) is 6.92 Å². The highest BCUT2D eigenvalue weighted by Crippen LogP contribution is 2.21. The first-order valence-electron chi connectivity index (χ1n) is 6.44. The topological polar surface area (TPSA) is 15.7 Å². The van der Waals surface area contributed by atoms with E-state index in [0.29, 0.717) is 6.61 Å². The molecule has 0 bridgehead atoms. The van der Waals surface area contributed by atoms with E-state index in [9.17, 15) is 0 Å². The summed E-state index contributed by atoms with van der Waals surface area (Å²) >= 11 is 0. The third-order valence-corrected chi connectivity index (χ3v) is 3.57. The summed E-state index contributed by atoms with van der Waals surface area (Å²) in [6.07, 6.45) is 2.79. The van der Waals surface area contributed by atoms with E-state index in [2.05, 4.69) is 16.4 Å². The van der Waals surface area contributed by atoms with Crippen LogP contribution in [0.15, 0.2) is 12.2 Å². The number of nitrogens with zero attached hydrogens (tertiary/aromatic N) is 2. The molecule has 3 heteroatoms. The molecule has 1 atom stereocenters. The van der Waals surface area contributed by atoms with Crippen LogP contribution >= 0.6 is 0 Å². The maximum atomic E-state index is 5.55. The van der Waals surface area contributed by atoms with Crippen LogP contribution in [0, 0.1) is 0 Å². The highest BCUT2D eigenvalue weighted by Gasteiger charge is 2.29. The Morgan fingerprint density at radius 1 is 1.38 bits per heavy atom. The van der Waals surface area contributed by atoms with Gasteiger partial charge in [0.15, 0.2) is 0 Å². The molecule has 1 unspecified atom stereocenters. The lowest BCUT2D eigenvalue weighted by Crippen LogP contribution is -2.50. The average molecular weight is 224 g/mol. The third-order valence-electron chi connectivity index (χ3n) is 3.57. The van der Waals surface area contributed by atoms with Crippen LogP contribution in [0.1, 0.15) is 19.8 Å². The lowest BCUT2D eigenvalue weighted by atomic mass is 10.1. The summed E-state index contributed by atoms with van der Waals surface area (Å²) < 4.78 is 5.55. The van der Waals surface area contributed by atoms with Gasteiger partial charge in [0.1, 0.15) is 0 Å². The molecule has 3 nitrogen and oxygen atoms in total. The highest BCUT2D eigenvalue weighted by atomic mass is 16.5. The molecule has 0 amide bonds. The van der Waals surface area contributed by atoms with Gasteiger partial charge in [-0.3, -0.25) is 9.80 Å². The molecule has 0 aromatic carbocycles. The molecule has 0 aromatic rings. The van der Waals surface area contributed by atoms with Gasteiger partial charge in [-0.25, -0.2) is 0 Å². The van der Waals surface area contributed by atoms with Gasteiger partial charge in [-0.15, -0.1) is 0 Å². The van der Waals surface area contributed by atoms with Crippen LogP contribution in [0.3, 0.4) is 0 Å². The summed E-state index contributed by atoms with van der Waals surface area (Å²) in [4.78, 5) is 5.19. The summed E-state index contributed by atoms with van der Waals surface area (Å²) in [6, 6.07) is 0.829. The zero-order valence-electron chi connectivity index (χ0n) is 10.5. The van der Waals surface area contributed by atoms with Crippen molar-refractivity contribution in [3.63, 3.8) is 0 Å². The first-order valence-corrected chi connectivity index (χ1v) is 6.44. The fraction of sp³-hybridized carbons (Fsp3) is 0.846. The zero-order valence-corrected chi connectivity index (χ0v) is 10.5. The van der Waals surface area contributed by atoms with Crippen molar-refractivity contribution in [3.8, 4) is 0 Å².